The molecule has 0 radical (unpaired) electrons. The molecule has 1 aliphatic rings. The van der Waals surface area contributed by atoms with Gasteiger partial charge in [0.15, 0.2) is 9.84 Å². The summed E-state index contributed by atoms with van der Waals surface area (Å²) in [4.78, 5) is 0. The molecule has 0 aliphatic carbocycles. The predicted octanol–water partition coefficient (Wildman–Crippen LogP) is -0.320. The maximum absolute atomic E-state index is 11.3. The van der Waals surface area contributed by atoms with E-state index in [1.54, 1.807) is 0 Å². The molecule has 1 fully saturated rings. The Morgan fingerprint density at radius 2 is 2.31 bits per heavy atom. The Labute approximate surface area is 95.8 Å². The number of rotatable bonds is 5. The molecule has 1 saturated heterocycles. The van der Waals surface area contributed by atoms with Gasteiger partial charge >= 0.3 is 0 Å². The molecule has 1 unspecified atom stereocenters. The summed E-state index contributed by atoms with van der Waals surface area (Å²) in [6, 6.07) is 0.0611. The number of sulfone groups is 1. The van der Waals surface area contributed by atoms with Crippen LogP contribution >= 0.6 is 0 Å². The van der Waals surface area contributed by atoms with Crippen LogP contribution in [0.15, 0.2) is 5.16 Å². The monoisotopic (exact) mass is 249 g/mol. The maximum Gasteiger partial charge on any atom is 0.151 e. The number of amidine groups is 1. The summed E-state index contributed by atoms with van der Waals surface area (Å²) < 4.78 is 22.7. The number of nitrogens with one attached hydrogen (secondary N) is 1. The molecule has 0 aromatic heterocycles. The largest absolute Gasteiger partial charge is 0.409 e. The number of oxime groups is 1. The van der Waals surface area contributed by atoms with E-state index in [9.17, 15) is 8.42 Å². The Balaban J connectivity index is 2.18. The number of hydrogen-bond acceptors (Lipinski definition) is 5. The summed E-state index contributed by atoms with van der Waals surface area (Å²) in [6.07, 6.45) is 2.90. The molecule has 1 heterocycles. The van der Waals surface area contributed by atoms with Crippen LogP contribution in [0.5, 0.6) is 0 Å². The smallest absolute Gasteiger partial charge is 0.151 e. The molecule has 4 N–H and O–H groups in total. The zero-order chi connectivity index (χ0) is 12.0. The topological polar surface area (TPSA) is 105 Å². The Bertz CT molecular complexity index is 340. The molecule has 7 heteroatoms. The lowest BCUT2D eigenvalue weighted by Crippen LogP contribution is -2.40. The molecular formula is C9H19N3O3S. The van der Waals surface area contributed by atoms with Gasteiger partial charge in [0.1, 0.15) is 5.84 Å². The summed E-state index contributed by atoms with van der Waals surface area (Å²) in [5, 5.41) is 14.4. The molecular weight excluding hydrogens is 230 g/mol. The lowest BCUT2D eigenvalue weighted by Gasteiger charge is -2.22. The van der Waals surface area contributed by atoms with Crippen molar-refractivity contribution >= 4 is 15.7 Å². The highest BCUT2D eigenvalue weighted by Crippen LogP contribution is 2.11. The van der Waals surface area contributed by atoms with Gasteiger partial charge in [0.25, 0.3) is 0 Å². The van der Waals surface area contributed by atoms with Crippen molar-refractivity contribution in [3.05, 3.63) is 0 Å². The van der Waals surface area contributed by atoms with Gasteiger partial charge in [-0.1, -0.05) is 5.16 Å². The van der Waals surface area contributed by atoms with Crippen molar-refractivity contribution in [2.45, 2.75) is 31.7 Å². The molecule has 0 aromatic carbocycles. The molecule has 1 rings (SSSR count). The summed E-state index contributed by atoms with van der Waals surface area (Å²) in [7, 11) is -2.84. The lowest BCUT2D eigenvalue weighted by molar-refractivity contribution is 0.316. The molecule has 0 bridgehead atoms. The predicted molar refractivity (Wildman–Crippen MR) is 62.3 cm³/mol. The van der Waals surface area contributed by atoms with Gasteiger partial charge in [-0.25, -0.2) is 8.42 Å². The van der Waals surface area contributed by atoms with E-state index in [4.69, 9.17) is 10.9 Å². The first-order valence-corrected chi connectivity index (χ1v) is 7.26. The van der Waals surface area contributed by atoms with Crippen LogP contribution in [0.4, 0.5) is 0 Å². The van der Waals surface area contributed by atoms with Crippen molar-refractivity contribution in [2.75, 3.05) is 18.1 Å². The molecule has 0 amide bonds. The Morgan fingerprint density at radius 3 is 2.94 bits per heavy atom. The second-order valence-electron chi connectivity index (χ2n) is 4.10. The van der Waals surface area contributed by atoms with Crippen molar-refractivity contribution in [2.24, 2.45) is 10.9 Å². The minimum Gasteiger partial charge on any atom is -0.409 e. The highest BCUT2D eigenvalue weighted by atomic mass is 32.2. The quantitative estimate of drug-likeness (QED) is 0.204. The van der Waals surface area contributed by atoms with Crippen LogP contribution in [0.2, 0.25) is 0 Å². The third-order valence-electron chi connectivity index (χ3n) is 2.63. The van der Waals surface area contributed by atoms with Crippen LogP contribution in [0.1, 0.15) is 25.7 Å². The number of nitrogens with zero attached hydrogens (tertiary/aromatic N) is 1. The summed E-state index contributed by atoms with van der Waals surface area (Å²) in [5.41, 5.74) is 5.31. The zero-order valence-corrected chi connectivity index (χ0v) is 10.0. The van der Waals surface area contributed by atoms with E-state index in [-0.39, 0.29) is 17.6 Å². The van der Waals surface area contributed by atoms with E-state index in [2.05, 4.69) is 10.5 Å². The molecule has 94 valence electrons. The summed E-state index contributed by atoms with van der Waals surface area (Å²) in [5.74, 6) is 0.754. The van der Waals surface area contributed by atoms with Crippen LogP contribution < -0.4 is 11.1 Å². The van der Waals surface area contributed by atoms with Gasteiger partial charge in [-0.2, -0.15) is 0 Å². The van der Waals surface area contributed by atoms with Crippen molar-refractivity contribution < 1.29 is 13.6 Å². The summed E-state index contributed by atoms with van der Waals surface area (Å²) >= 11 is 0. The second kappa shape index (κ2) is 6.05. The molecule has 6 nitrogen and oxygen atoms in total. The van der Waals surface area contributed by atoms with Gasteiger partial charge in [0.05, 0.1) is 11.5 Å². The van der Waals surface area contributed by atoms with Crippen molar-refractivity contribution in [3.63, 3.8) is 0 Å². The van der Waals surface area contributed by atoms with Gasteiger partial charge in [-0.15, -0.1) is 0 Å². The van der Waals surface area contributed by atoms with E-state index < -0.39 is 9.84 Å². The van der Waals surface area contributed by atoms with Crippen molar-refractivity contribution in [1.82, 2.24) is 5.32 Å². The molecule has 0 saturated carbocycles. The average Bonchev–Trinajstić information content (AvgIpc) is 2.22. The third kappa shape index (κ3) is 4.80. The molecule has 1 aliphatic heterocycles. The van der Waals surface area contributed by atoms with E-state index in [0.717, 1.165) is 19.3 Å². The van der Waals surface area contributed by atoms with E-state index in [1.807, 2.05) is 0 Å². The Hall–Kier alpha value is -0.820. The van der Waals surface area contributed by atoms with Crippen LogP contribution in [0.3, 0.4) is 0 Å². The van der Waals surface area contributed by atoms with Crippen LogP contribution in [-0.2, 0) is 9.84 Å². The van der Waals surface area contributed by atoms with Gasteiger partial charge in [-0.3, -0.25) is 0 Å². The fraction of sp³-hybridized carbons (Fsp3) is 0.889. The van der Waals surface area contributed by atoms with Gasteiger partial charge in [0.2, 0.25) is 0 Å². The van der Waals surface area contributed by atoms with E-state index in [1.165, 1.54) is 0 Å². The van der Waals surface area contributed by atoms with Crippen molar-refractivity contribution in [1.29, 1.82) is 0 Å². The minimum absolute atomic E-state index is 0.0611. The molecule has 1 atom stereocenters. The van der Waals surface area contributed by atoms with E-state index >= 15 is 0 Å². The first-order chi connectivity index (χ1) is 7.53. The highest BCUT2D eigenvalue weighted by molar-refractivity contribution is 7.91. The zero-order valence-electron chi connectivity index (χ0n) is 9.22. The first kappa shape index (κ1) is 13.2. The Kier molecular flexibility index (Phi) is 5.01. The van der Waals surface area contributed by atoms with Crippen LogP contribution in [0.25, 0.3) is 0 Å². The maximum atomic E-state index is 11.3. The highest BCUT2D eigenvalue weighted by Gasteiger charge is 2.23. The fourth-order valence-corrected chi connectivity index (χ4v) is 3.48. The van der Waals surface area contributed by atoms with Gasteiger partial charge in [0, 0.05) is 12.5 Å². The minimum atomic E-state index is -2.84. The Morgan fingerprint density at radius 1 is 1.56 bits per heavy atom. The molecule has 16 heavy (non-hydrogen) atoms. The first-order valence-electron chi connectivity index (χ1n) is 5.44. The number of hydrogen-bond donors (Lipinski definition) is 3. The van der Waals surface area contributed by atoms with Gasteiger partial charge in [-0.05, 0) is 25.8 Å². The fourth-order valence-electron chi connectivity index (χ4n) is 1.81. The standard InChI is InChI=1S/C9H19N3O3S/c10-9(12-13)4-1-5-11-8-3-2-6-16(14,15)7-8/h8,11,13H,1-7H2,(H2,10,12). The molecule has 0 spiro atoms. The average molecular weight is 249 g/mol. The van der Waals surface area contributed by atoms with Crippen LogP contribution in [0, 0.1) is 0 Å². The van der Waals surface area contributed by atoms with E-state index in [0.29, 0.717) is 18.7 Å². The van der Waals surface area contributed by atoms with Gasteiger partial charge < -0.3 is 16.3 Å². The third-order valence-corrected chi connectivity index (χ3v) is 4.46. The molecule has 0 aromatic rings. The van der Waals surface area contributed by atoms with Crippen molar-refractivity contribution in [3.8, 4) is 0 Å². The summed E-state index contributed by atoms with van der Waals surface area (Å²) in [6.45, 7) is 0.691. The normalized spacial score (nSPS) is 25.5. The number of nitrogens with two attached hydrogens (primary N) is 1. The van der Waals surface area contributed by atoms with Crippen LogP contribution in [-0.4, -0.2) is 43.6 Å². The second-order valence-corrected chi connectivity index (χ2v) is 6.33. The lowest BCUT2D eigenvalue weighted by atomic mass is 10.2. The SMILES string of the molecule is NC(CCCNC1CCCS(=O)(=O)C1)=NO.